The van der Waals surface area contributed by atoms with E-state index in [2.05, 4.69) is 10.4 Å². The van der Waals surface area contributed by atoms with Gasteiger partial charge in [0.1, 0.15) is 17.5 Å². The average molecular weight is 629 g/mol. The van der Waals surface area contributed by atoms with Gasteiger partial charge >= 0.3 is 18.4 Å². The SMILES string of the molecule is CC(C)c1cnn2c(NC3CC4CCC(C3)N4C(=O)OC3CN(C(=O)OC(C)(C)C)C3)cc(-c3ccc(C(F)(F)F)cc3)nc12. The van der Waals surface area contributed by atoms with Gasteiger partial charge in [-0.1, -0.05) is 26.0 Å². The van der Waals surface area contributed by atoms with Crippen molar-refractivity contribution in [2.24, 2.45) is 0 Å². The Morgan fingerprint density at radius 3 is 2.22 bits per heavy atom. The van der Waals surface area contributed by atoms with Gasteiger partial charge in [-0.15, -0.1) is 0 Å². The van der Waals surface area contributed by atoms with Gasteiger partial charge in [0, 0.05) is 35.3 Å². The molecule has 2 atom stereocenters. The lowest BCUT2D eigenvalue weighted by Crippen LogP contribution is -2.58. The normalized spacial score (nSPS) is 22.1. The number of ether oxygens (including phenoxy) is 2. The van der Waals surface area contributed by atoms with E-state index in [1.54, 1.807) is 10.7 Å². The van der Waals surface area contributed by atoms with Crippen molar-refractivity contribution >= 4 is 23.7 Å². The minimum absolute atomic E-state index is 0.00587. The van der Waals surface area contributed by atoms with Gasteiger partial charge in [-0.05, 0) is 64.5 Å². The molecule has 2 aromatic heterocycles. The van der Waals surface area contributed by atoms with Crippen LogP contribution in [-0.4, -0.2) is 79.5 Å². The summed E-state index contributed by atoms with van der Waals surface area (Å²) in [7, 11) is 0. The van der Waals surface area contributed by atoms with Crippen molar-refractivity contribution in [3.8, 4) is 11.3 Å². The van der Waals surface area contributed by atoms with Crippen LogP contribution < -0.4 is 5.32 Å². The molecule has 0 saturated carbocycles. The van der Waals surface area contributed by atoms with Crippen LogP contribution in [0.1, 0.15) is 77.3 Å². The van der Waals surface area contributed by atoms with Crippen LogP contribution >= 0.6 is 0 Å². The Bertz CT molecular complexity index is 1560. The summed E-state index contributed by atoms with van der Waals surface area (Å²) in [5.41, 5.74) is 1.40. The summed E-state index contributed by atoms with van der Waals surface area (Å²) in [5, 5.41) is 8.22. The highest BCUT2D eigenvalue weighted by molar-refractivity contribution is 5.72. The van der Waals surface area contributed by atoms with Crippen molar-refractivity contribution < 1.29 is 32.2 Å². The summed E-state index contributed by atoms with van der Waals surface area (Å²) < 4.78 is 52.5. The lowest BCUT2D eigenvalue weighted by atomic mass is 9.97. The molecule has 2 unspecified atom stereocenters. The third-order valence-corrected chi connectivity index (χ3v) is 8.69. The van der Waals surface area contributed by atoms with Crippen LogP contribution in [0.2, 0.25) is 0 Å². The highest BCUT2D eigenvalue weighted by Gasteiger charge is 2.46. The first-order chi connectivity index (χ1) is 21.2. The molecule has 3 aliphatic heterocycles. The third kappa shape index (κ3) is 6.39. The van der Waals surface area contributed by atoms with Crippen LogP contribution in [0.3, 0.4) is 0 Å². The van der Waals surface area contributed by atoms with Crippen LogP contribution in [0, 0.1) is 0 Å². The number of nitrogens with zero attached hydrogens (tertiary/aromatic N) is 5. The predicted octanol–water partition coefficient (Wildman–Crippen LogP) is 6.70. The van der Waals surface area contributed by atoms with E-state index in [1.165, 1.54) is 17.0 Å². The molecule has 0 radical (unpaired) electrons. The van der Waals surface area contributed by atoms with E-state index in [9.17, 15) is 22.8 Å². The fourth-order valence-corrected chi connectivity index (χ4v) is 6.46. The number of fused-ring (bicyclic) bond motifs is 3. The largest absolute Gasteiger partial charge is 0.444 e. The summed E-state index contributed by atoms with van der Waals surface area (Å²) in [6.07, 6.45) is -0.604. The number of piperidine rings is 1. The zero-order valence-corrected chi connectivity index (χ0v) is 26.1. The second kappa shape index (κ2) is 11.4. The fraction of sp³-hybridized carbons (Fsp3) is 0.562. The molecule has 0 spiro atoms. The molecule has 13 heteroatoms. The number of aromatic nitrogens is 3. The summed E-state index contributed by atoms with van der Waals surface area (Å²) >= 11 is 0. The smallest absolute Gasteiger partial charge is 0.416 e. The highest BCUT2D eigenvalue weighted by Crippen LogP contribution is 2.39. The quantitative estimate of drug-likeness (QED) is 0.336. The second-order valence-electron chi connectivity index (χ2n) is 13.6. The zero-order valence-electron chi connectivity index (χ0n) is 26.1. The Morgan fingerprint density at radius 2 is 1.64 bits per heavy atom. The van der Waals surface area contributed by atoms with Crippen LogP contribution in [-0.2, 0) is 15.7 Å². The van der Waals surface area contributed by atoms with Gasteiger partial charge in [0.2, 0.25) is 0 Å². The fourth-order valence-electron chi connectivity index (χ4n) is 6.46. The molecule has 0 aliphatic carbocycles. The van der Waals surface area contributed by atoms with E-state index in [0.717, 1.165) is 30.5 Å². The molecule has 10 nitrogen and oxygen atoms in total. The summed E-state index contributed by atoms with van der Waals surface area (Å²) in [6, 6.07) is 6.89. The summed E-state index contributed by atoms with van der Waals surface area (Å²) in [5.74, 6) is 0.835. The average Bonchev–Trinajstić information content (AvgIpc) is 3.48. The zero-order chi connectivity index (χ0) is 32.3. The molecule has 3 aromatic rings. The van der Waals surface area contributed by atoms with E-state index < -0.39 is 23.4 Å². The maximum atomic E-state index is 13.2. The number of anilines is 1. The van der Waals surface area contributed by atoms with Crippen molar-refractivity contribution in [1.29, 1.82) is 0 Å². The number of rotatable bonds is 5. The molecule has 2 amide bonds. The first-order valence-electron chi connectivity index (χ1n) is 15.5. The van der Waals surface area contributed by atoms with Gasteiger partial charge < -0.3 is 24.6 Å². The van der Waals surface area contributed by atoms with Crippen molar-refractivity contribution in [3.05, 3.63) is 47.7 Å². The maximum absolute atomic E-state index is 13.2. The molecule has 1 aromatic carbocycles. The van der Waals surface area contributed by atoms with Crippen LogP contribution in [0.25, 0.3) is 16.9 Å². The number of nitrogens with one attached hydrogen (secondary N) is 1. The number of hydrogen-bond donors (Lipinski definition) is 1. The van der Waals surface area contributed by atoms with Crippen LogP contribution in [0.15, 0.2) is 36.5 Å². The van der Waals surface area contributed by atoms with E-state index in [4.69, 9.17) is 14.5 Å². The molecular formula is C32H39F3N6O4. The molecule has 242 valence electrons. The van der Waals surface area contributed by atoms with Gasteiger partial charge in [0.05, 0.1) is 30.5 Å². The Balaban J connectivity index is 1.15. The topological polar surface area (TPSA) is 101 Å². The van der Waals surface area contributed by atoms with E-state index in [0.29, 0.717) is 48.7 Å². The number of benzene rings is 1. The number of carbonyl (C=O) groups excluding carboxylic acids is 2. The lowest BCUT2D eigenvalue weighted by Gasteiger charge is -2.42. The molecule has 2 bridgehead atoms. The van der Waals surface area contributed by atoms with Gasteiger partial charge in [0.15, 0.2) is 5.65 Å². The number of alkyl halides is 3. The monoisotopic (exact) mass is 628 g/mol. The second-order valence-corrected chi connectivity index (χ2v) is 13.6. The van der Waals surface area contributed by atoms with Gasteiger partial charge in [-0.25, -0.2) is 14.6 Å². The molecule has 3 saturated heterocycles. The van der Waals surface area contributed by atoms with E-state index in [1.807, 2.05) is 45.6 Å². The number of amides is 2. The number of carbonyl (C=O) groups is 2. The Hall–Kier alpha value is -4.03. The van der Waals surface area contributed by atoms with Crippen molar-refractivity contribution in [2.75, 3.05) is 18.4 Å². The Morgan fingerprint density at radius 1 is 1.00 bits per heavy atom. The number of halogens is 3. The Kier molecular flexibility index (Phi) is 7.85. The molecule has 3 fully saturated rings. The van der Waals surface area contributed by atoms with E-state index >= 15 is 0 Å². The van der Waals surface area contributed by atoms with E-state index in [-0.39, 0.29) is 36.2 Å². The first kappa shape index (κ1) is 31.0. The van der Waals surface area contributed by atoms with Gasteiger partial charge in [-0.3, -0.25) is 0 Å². The minimum atomic E-state index is -4.42. The van der Waals surface area contributed by atoms with Crippen LogP contribution in [0.4, 0.5) is 28.6 Å². The molecule has 45 heavy (non-hydrogen) atoms. The maximum Gasteiger partial charge on any atom is 0.416 e. The van der Waals surface area contributed by atoms with Crippen molar-refractivity contribution in [1.82, 2.24) is 24.4 Å². The predicted molar refractivity (Wildman–Crippen MR) is 161 cm³/mol. The third-order valence-electron chi connectivity index (χ3n) is 8.69. The highest BCUT2D eigenvalue weighted by atomic mass is 19.4. The number of likely N-dealkylation sites (tertiary alicyclic amines) is 1. The molecule has 6 rings (SSSR count). The Labute approximate surface area is 259 Å². The molecule has 1 N–H and O–H groups in total. The van der Waals surface area contributed by atoms with Gasteiger partial charge in [-0.2, -0.15) is 22.8 Å². The summed E-state index contributed by atoms with van der Waals surface area (Å²) in [6.45, 7) is 10.1. The molecule has 5 heterocycles. The standard InChI is InChI=1S/C32H39F3N6O4/c1-18(2)25-15-36-41-27(14-26(38-28(25)41)19-6-8-20(9-7-19)32(33,34)35)37-21-12-22-10-11-23(13-21)40(22)30(43)44-24-16-39(17-24)29(42)45-31(3,4)5/h6-9,14-15,18,21-24,37H,10-13,16-17H2,1-5H3. The minimum Gasteiger partial charge on any atom is -0.444 e. The van der Waals surface area contributed by atoms with Crippen molar-refractivity contribution in [3.63, 3.8) is 0 Å². The number of hydrogen-bond acceptors (Lipinski definition) is 7. The summed E-state index contributed by atoms with van der Waals surface area (Å²) in [4.78, 5) is 33.6. The van der Waals surface area contributed by atoms with Crippen LogP contribution in [0.5, 0.6) is 0 Å². The van der Waals surface area contributed by atoms with Crippen molar-refractivity contribution in [2.45, 2.75) is 102 Å². The molecular weight excluding hydrogens is 589 g/mol. The molecule has 3 aliphatic rings. The lowest BCUT2D eigenvalue weighted by molar-refractivity contribution is -0.137. The van der Waals surface area contributed by atoms with Gasteiger partial charge in [0.25, 0.3) is 0 Å². The first-order valence-corrected chi connectivity index (χ1v) is 15.5.